The molecule has 1 aliphatic heterocycles. The molecule has 0 saturated carbocycles. The zero-order valence-electron chi connectivity index (χ0n) is 15.3. The first-order valence-corrected chi connectivity index (χ1v) is 9.06. The third kappa shape index (κ3) is 6.04. The highest BCUT2D eigenvalue weighted by Gasteiger charge is 2.16. The Kier molecular flexibility index (Phi) is 7.89. The first-order chi connectivity index (χ1) is 11.7. The van der Waals surface area contributed by atoms with Crippen LogP contribution in [0.2, 0.25) is 0 Å². The molecule has 0 spiro atoms. The zero-order chi connectivity index (χ0) is 17.2. The van der Waals surface area contributed by atoms with Gasteiger partial charge in [-0.25, -0.2) is 0 Å². The molecule has 2 N–H and O–H groups in total. The van der Waals surface area contributed by atoms with Gasteiger partial charge in [-0.2, -0.15) is 0 Å². The zero-order valence-corrected chi connectivity index (χ0v) is 15.3. The number of nitrogens with zero attached hydrogens (tertiary/aromatic N) is 2. The predicted octanol–water partition coefficient (Wildman–Crippen LogP) is 2.48. The highest BCUT2D eigenvalue weighted by atomic mass is 16.5. The van der Waals surface area contributed by atoms with Gasteiger partial charge >= 0.3 is 0 Å². The van der Waals surface area contributed by atoms with Crippen molar-refractivity contribution in [3.8, 4) is 5.75 Å². The molecule has 1 aromatic carbocycles. The molecule has 0 amide bonds. The van der Waals surface area contributed by atoms with Crippen LogP contribution in [0.25, 0.3) is 0 Å². The Bertz CT molecular complexity index is 510. The maximum Gasteiger partial charge on any atom is 0.191 e. The number of ether oxygens (including phenoxy) is 1. The van der Waals surface area contributed by atoms with Crippen LogP contribution in [0.1, 0.15) is 31.7 Å². The van der Waals surface area contributed by atoms with Crippen LogP contribution in [0.3, 0.4) is 0 Å². The molecule has 0 bridgehead atoms. The molecule has 0 aliphatic carbocycles. The Labute approximate surface area is 146 Å². The van der Waals surface area contributed by atoms with Gasteiger partial charge in [-0.1, -0.05) is 18.2 Å². The Morgan fingerprint density at radius 2 is 2.00 bits per heavy atom. The summed E-state index contributed by atoms with van der Waals surface area (Å²) in [6.45, 7) is 6.83. The lowest BCUT2D eigenvalue weighted by molar-refractivity contribution is 0.213. The summed E-state index contributed by atoms with van der Waals surface area (Å²) in [4.78, 5) is 6.74. The first kappa shape index (κ1) is 18.6. The average molecular weight is 332 g/mol. The van der Waals surface area contributed by atoms with Crippen molar-refractivity contribution in [3.05, 3.63) is 29.8 Å². The minimum absolute atomic E-state index is 0.681. The van der Waals surface area contributed by atoms with Gasteiger partial charge in [0.05, 0.1) is 6.61 Å². The fourth-order valence-corrected chi connectivity index (χ4v) is 3.09. The molecule has 1 aromatic rings. The summed E-state index contributed by atoms with van der Waals surface area (Å²) in [5, 5.41) is 6.81. The Morgan fingerprint density at radius 3 is 2.71 bits per heavy atom. The van der Waals surface area contributed by atoms with Crippen molar-refractivity contribution >= 4 is 5.96 Å². The van der Waals surface area contributed by atoms with Crippen molar-refractivity contribution in [2.45, 2.75) is 32.7 Å². The lowest BCUT2D eigenvalue weighted by atomic mass is 9.94. The highest BCUT2D eigenvalue weighted by Crippen LogP contribution is 2.19. The van der Waals surface area contributed by atoms with Crippen LogP contribution in [-0.4, -0.2) is 51.2 Å². The van der Waals surface area contributed by atoms with Gasteiger partial charge in [0.1, 0.15) is 5.75 Å². The van der Waals surface area contributed by atoms with E-state index in [0.717, 1.165) is 29.7 Å². The molecule has 0 radical (unpaired) electrons. The Hall–Kier alpha value is -1.75. The number of rotatable bonds is 7. The van der Waals surface area contributed by atoms with Crippen LogP contribution >= 0.6 is 0 Å². The van der Waals surface area contributed by atoms with Crippen LogP contribution in [0.15, 0.2) is 29.3 Å². The number of guanidine groups is 1. The lowest BCUT2D eigenvalue weighted by Crippen LogP contribution is -2.38. The minimum Gasteiger partial charge on any atom is -0.494 e. The number of benzene rings is 1. The van der Waals surface area contributed by atoms with Gasteiger partial charge in [0.25, 0.3) is 0 Å². The second-order valence-electron chi connectivity index (χ2n) is 6.43. The molecule has 1 aliphatic rings. The van der Waals surface area contributed by atoms with Crippen molar-refractivity contribution < 1.29 is 4.74 Å². The van der Waals surface area contributed by atoms with Crippen LogP contribution in [0.5, 0.6) is 5.75 Å². The smallest absolute Gasteiger partial charge is 0.191 e. The SMILES string of the molecule is CCOc1ccccc1CNC(=NC)NCCC1CCN(C)CC1. The number of hydrogen-bond acceptors (Lipinski definition) is 3. The fourth-order valence-electron chi connectivity index (χ4n) is 3.09. The largest absolute Gasteiger partial charge is 0.494 e. The normalized spacial score (nSPS) is 16.9. The average Bonchev–Trinajstić information content (AvgIpc) is 2.61. The summed E-state index contributed by atoms with van der Waals surface area (Å²) in [5.41, 5.74) is 1.15. The van der Waals surface area contributed by atoms with Gasteiger partial charge in [0.2, 0.25) is 0 Å². The van der Waals surface area contributed by atoms with Crippen LogP contribution < -0.4 is 15.4 Å². The molecule has 24 heavy (non-hydrogen) atoms. The number of likely N-dealkylation sites (tertiary alicyclic amines) is 1. The molecule has 0 atom stereocenters. The summed E-state index contributed by atoms with van der Waals surface area (Å²) in [5.74, 6) is 2.63. The Balaban J connectivity index is 1.73. The molecule has 2 rings (SSSR count). The molecule has 134 valence electrons. The van der Waals surface area contributed by atoms with E-state index in [1.165, 1.54) is 32.4 Å². The summed E-state index contributed by atoms with van der Waals surface area (Å²) in [7, 11) is 4.03. The maximum absolute atomic E-state index is 5.67. The number of nitrogens with one attached hydrogen (secondary N) is 2. The highest BCUT2D eigenvalue weighted by molar-refractivity contribution is 5.79. The van der Waals surface area contributed by atoms with Crippen molar-refractivity contribution in [3.63, 3.8) is 0 Å². The van der Waals surface area contributed by atoms with E-state index in [1.54, 1.807) is 0 Å². The van der Waals surface area contributed by atoms with Crippen molar-refractivity contribution in [1.82, 2.24) is 15.5 Å². The van der Waals surface area contributed by atoms with Gasteiger partial charge in [-0.05, 0) is 58.3 Å². The molecule has 1 heterocycles. The van der Waals surface area contributed by atoms with Gasteiger partial charge in [0, 0.05) is 25.7 Å². The van der Waals surface area contributed by atoms with Crippen molar-refractivity contribution in [1.29, 1.82) is 0 Å². The fraction of sp³-hybridized carbons (Fsp3) is 0.632. The van der Waals surface area contributed by atoms with E-state index in [9.17, 15) is 0 Å². The van der Waals surface area contributed by atoms with Gasteiger partial charge < -0.3 is 20.3 Å². The summed E-state index contributed by atoms with van der Waals surface area (Å²) in [6, 6.07) is 8.14. The molecule has 5 heteroatoms. The van der Waals surface area contributed by atoms with E-state index < -0.39 is 0 Å². The van der Waals surface area contributed by atoms with E-state index in [1.807, 2.05) is 32.2 Å². The lowest BCUT2D eigenvalue weighted by Gasteiger charge is -2.29. The van der Waals surface area contributed by atoms with Crippen LogP contribution in [-0.2, 0) is 6.54 Å². The van der Waals surface area contributed by atoms with Gasteiger partial charge in [0.15, 0.2) is 5.96 Å². The van der Waals surface area contributed by atoms with E-state index in [2.05, 4.69) is 33.6 Å². The predicted molar refractivity (Wildman–Crippen MR) is 101 cm³/mol. The van der Waals surface area contributed by atoms with Gasteiger partial charge in [-0.15, -0.1) is 0 Å². The minimum atomic E-state index is 0.681. The van der Waals surface area contributed by atoms with Crippen molar-refractivity contribution in [2.24, 2.45) is 10.9 Å². The molecular weight excluding hydrogens is 300 g/mol. The van der Waals surface area contributed by atoms with E-state index in [0.29, 0.717) is 13.2 Å². The van der Waals surface area contributed by atoms with Gasteiger partial charge in [-0.3, -0.25) is 4.99 Å². The van der Waals surface area contributed by atoms with Crippen LogP contribution in [0, 0.1) is 5.92 Å². The quantitative estimate of drug-likeness (QED) is 0.595. The molecule has 1 fully saturated rings. The van der Waals surface area contributed by atoms with E-state index >= 15 is 0 Å². The molecule has 1 saturated heterocycles. The third-order valence-corrected chi connectivity index (χ3v) is 4.63. The summed E-state index contributed by atoms with van der Waals surface area (Å²) in [6.07, 6.45) is 3.84. The number of aliphatic imine (C=N–C) groups is 1. The monoisotopic (exact) mass is 332 g/mol. The summed E-state index contributed by atoms with van der Waals surface area (Å²) < 4.78 is 5.67. The second-order valence-corrected chi connectivity index (χ2v) is 6.43. The number of hydrogen-bond donors (Lipinski definition) is 2. The standard InChI is InChI=1S/C19H32N4O/c1-4-24-18-8-6-5-7-17(18)15-22-19(20-2)21-12-9-16-10-13-23(3)14-11-16/h5-8,16H,4,9-15H2,1-3H3,(H2,20,21,22). The van der Waals surface area contributed by atoms with E-state index in [-0.39, 0.29) is 0 Å². The van der Waals surface area contributed by atoms with Crippen LogP contribution in [0.4, 0.5) is 0 Å². The third-order valence-electron chi connectivity index (χ3n) is 4.63. The molecule has 5 nitrogen and oxygen atoms in total. The van der Waals surface area contributed by atoms with E-state index in [4.69, 9.17) is 4.74 Å². The Morgan fingerprint density at radius 1 is 1.25 bits per heavy atom. The molecule has 0 aromatic heterocycles. The topological polar surface area (TPSA) is 48.9 Å². The first-order valence-electron chi connectivity index (χ1n) is 9.06. The number of para-hydroxylation sites is 1. The number of piperidine rings is 1. The molecule has 0 unspecified atom stereocenters. The summed E-state index contributed by atoms with van der Waals surface area (Å²) >= 11 is 0. The van der Waals surface area contributed by atoms with Crippen molar-refractivity contribution in [2.75, 3.05) is 40.3 Å². The second kappa shape index (κ2) is 10.2. The molecular formula is C19H32N4O. The maximum atomic E-state index is 5.67.